The van der Waals surface area contributed by atoms with Crippen LogP contribution in [0.15, 0.2) is 24.3 Å². The van der Waals surface area contributed by atoms with Gasteiger partial charge in [-0.1, -0.05) is 16.6 Å². The zero-order chi connectivity index (χ0) is 12.3. The molecule has 1 heterocycles. The Morgan fingerprint density at radius 3 is 2.82 bits per heavy atom. The van der Waals surface area contributed by atoms with E-state index in [1.165, 1.54) is 0 Å². The maximum Gasteiger partial charge on any atom is 0.269 e. The molecule has 0 unspecified atom stereocenters. The molecule has 1 N–H and O–H groups in total. The van der Waals surface area contributed by atoms with Gasteiger partial charge < -0.3 is 10.1 Å². The van der Waals surface area contributed by atoms with E-state index in [-0.39, 0.29) is 5.91 Å². The number of aromatic nitrogens is 2. The summed E-state index contributed by atoms with van der Waals surface area (Å²) in [6.45, 7) is 1.75. The largest absolute Gasteiger partial charge is 0.495 e. The lowest BCUT2D eigenvalue weighted by atomic mass is 10.3. The monoisotopic (exact) mass is 249 g/mol. The average Bonchev–Trinajstić information content (AvgIpc) is 2.76. The topological polar surface area (TPSA) is 64.1 Å². The van der Waals surface area contributed by atoms with E-state index < -0.39 is 0 Å². The highest BCUT2D eigenvalue weighted by atomic mass is 32.1. The molecule has 0 atom stereocenters. The Morgan fingerprint density at radius 2 is 2.18 bits per heavy atom. The van der Waals surface area contributed by atoms with Gasteiger partial charge in [0.1, 0.15) is 10.6 Å². The summed E-state index contributed by atoms with van der Waals surface area (Å²) in [5.74, 6) is 0.401. The smallest absolute Gasteiger partial charge is 0.269 e. The number of benzene rings is 1. The number of ether oxygens (including phenoxy) is 1. The molecule has 88 valence electrons. The molecule has 1 amide bonds. The number of hydrogen-bond acceptors (Lipinski definition) is 5. The second kappa shape index (κ2) is 4.92. The van der Waals surface area contributed by atoms with Crippen LogP contribution in [0.5, 0.6) is 5.75 Å². The van der Waals surface area contributed by atoms with Gasteiger partial charge in [0.2, 0.25) is 0 Å². The second-order valence-electron chi connectivity index (χ2n) is 3.34. The molecule has 0 aliphatic carbocycles. The summed E-state index contributed by atoms with van der Waals surface area (Å²) < 4.78 is 8.88. The van der Waals surface area contributed by atoms with Crippen LogP contribution in [0.4, 0.5) is 5.69 Å². The lowest BCUT2D eigenvalue weighted by Gasteiger charge is -2.08. The quantitative estimate of drug-likeness (QED) is 0.904. The average molecular weight is 249 g/mol. The van der Waals surface area contributed by atoms with Crippen molar-refractivity contribution in [3.8, 4) is 5.75 Å². The molecule has 6 heteroatoms. The zero-order valence-corrected chi connectivity index (χ0v) is 10.2. The van der Waals surface area contributed by atoms with E-state index in [9.17, 15) is 4.79 Å². The summed E-state index contributed by atoms with van der Waals surface area (Å²) in [5, 5.41) is 6.57. The second-order valence-corrected chi connectivity index (χ2v) is 4.10. The molecule has 1 aromatic carbocycles. The summed E-state index contributed by atoms with van der Waals surface area (Å²) >= 11 is 1.08. The van der Waals surface area contributed by atoms with Crippen LogP contribution in [0.2, 0.25) is 0 Å². The van der Waals surface area contributed by atoms with E-state index in [0.717, 1.165) is 11.5 Å². The molecular weight excluding hydrogens is 238 g/mol. The van der Waals surface area contributed by atoms with Gasteiger partial charge in [-0.3, -0.25) is 4.79 Å². The summed E-state index contributed by atoms with van der Waals surface area (Å²) in [5.41, 5.74) is 1.26. The molecule has 0 aliphatic heterocycles. The van der Waals surface area contributed by atoms with E-state index in [2.05, 4.69) is 14.9 Å². The highest BCUT2D eigenvalue weighted by molar-refractivity contribution is 7.08. The van der Waals surface area contributed by atoms with Crippen LogP contribution < -0.4 is 10.1 Å². The molecule has 1 aromatic heterocycles. The van der Waals surface area contributed by atoms with Gasteiger partial charge in [0.05, 0.1) is 18.5 Å². The molecule has 0 radical (unpaired) electrons. The molecule has 5 nitrogen and oxygen atoms in total. The van der Waals surface area contributed by atoms with Crippen molar-refractivity contribution in [1.29, 1.82) is 0 Å². The van der Waals surface area contributed by atoms with E-state index in [1.54, 1.807) is 26.2 Å². The molecule has 0 saturated heterocycles. The van der Waals surface area contributed by atoms with Gasteiger partial charge in [0.15, 0.2) is 0 Å². The van der Waals surface area contributed by atoms with Gasteiger partial charge in [0, 0.05) is 0 Å². The SMILES string of the molecule is COc1ccccc1NC(=O)c1snnc1C. The highest BCUT2D eigenvalue weighted by Crippen LogP contribution is 2.24. The van der Waals surface area contributed by atoms with Crippen LogP contribution in [0, 0.1) is 6.92 Å². The summed E-state index contributed by atoms with van der Waals surface area (Å²) in [6.07, 6.45) is 0. The number of carbonyl (C=O) groups excluding carboxylic acids is 1. The Morgan fingerprint density at radius 1 is 1.41 bits per heavy atom. The number of hydrogen-bond donors (Lipinski definition) is 1. The fourth-order valence-electron chi connectivity index (χ4n) is 1.37. The van der Waals surface area contributed by atoms with Gasteiger partial charge >= 0.3 is 0 Å². The van der Waals surface area contributed by atoms with Gasteiger partial charge in [-0.25, -0.2) is 0 Å². The number of amides is 1. The molecule has 2 aromatic rings. The predicted molar refractivity (Wildman–Crippen MR) is 65.6 cm³/mol. The first-order valence-corrected chi connectivity index (χ1v) is 5.73. The minimum absolute atomic E-state index is 0.220. The van der Waals surface area contributed by atoms with Crippen molar-refractivity contribution in [3.63, 3.8) is 0 Å². The van der Waals surface area contributed by atoms with E-state index >= 15 is 0 Å². The van der Waals surface area contributed by atoms with Crippen molar-refractivity contribution < 1.29 is 9.53 Å². The van der Waals surface area contributed by atoms with Crippen LogP contribution in [0.1, 0.15) is 15.4 Å². The fraction of sp³-hybridized carbons (Fsp3) is 0.182. The van der Waals surface area contributed by atoms with Crippen LogP contribution in [0.25, 0.3) is 0 Å². The van der Waals surface area contributed by atoms with Crippen LogP contribution in [-0.2, 0) is 0 Å². The van der Waals surface area contributed by atoms with E-state index in [0.29, 0.717) is 22.0 Å². The molecule has 2 rings (SSSR count). The van der Waals surface area contributed by atoms with Crippen molar-refractivity contribution in [2.75, 3.05) is 12.4 Å². The van der Waals surface area contributed by atoms with Crippen LogP contribution >= 0.6 is 11.5 Å². The Labute approximate surface area is 103 Å². The van der Waals surface area contributed by atoms with Gasteiger partial charge in [-0.15, -0.1) is 5.10 Å². The van der Waals surface area contributed by atoms with Crippen molar-refractivity contribution >= 4 is 23.1 Å². The number of nitrogens with one attached hydrogen (secondary N) is 1. The Bertz CT molecular complexity index is 539. The number of para-hydroxylation sites is 2. The molecule has 0 saturated carbocycles. The van der Waals surface area contributed by atoms with Crippen LogP contribution in [0.3, 0.4) is 0 Å². The van der Waals surface area contributed by atoms with Gasteiger partial charge in [-0.2, -0.15) is 0 Å². The van der Waals surface area contributed by atoms with Gasteiger partial charge in [-0.05, 0) is 30.6 Å². The highest BCUT2D eigenvalue weighted by Gasteiger charge is 2.14. The Kier molecular flexibility index (Phi) is 3.34. The number of methoxy groups -OCH3 is 1. The number of anilines is 1. The van der Waals surface area contributed by atoms with Crippen LogP contribution in [-0.4, -0.2) is 22.6 Å². The molecule has 0 fully saturated rings. The maximum absolute atomic E-state index is 11.9. The molecule has 0 bridgehead atoms. The molecule has 17 heavy (non-hydrogen) atoms. The van der Waals surface area contributed by atoms with Crippen molar-refractivity contribution in [3.05, 3.63) is 34.8 Å². The van der Waals surface area contributed by atoms with E-state index in [4.69, 9.17) is 4.74 Å². The van der Waals surface area contributed by atoms with Crippen molar-refractivity contribution in [2.24, 2.45) is 0 Å². The Hall–Kier alpha value is -1.95. The van der Waals surface area contributed by atoms with E-state index in [1.807, 2.05) is 12.1 Å². The molecule has 0 spiro atoms. The van der Waals surface area contributed by atoms with Gasteiger partial charge in [0.25, 0.3) is 5.91 Å². The third-order valence-electron chi connectivity index (χ3n) is 2.21. The molecular formula is C11H11N3O2S. The lowest BCUT2D eigenvalue weighted by Crippen LogP contribution is -2.12. The minimum atomic E-state index is -0.220. The third-order valence-corrected chi connectivity index (χ3v) is 3.04. The summed E-state index contributed by atoms with van der Waals surface area (Å²) in [7, 11) is 1.56. The summed E-state index contributed by atoms with van der Waals surface area (Å²) in [4.78, 5) is 12.4. The van der Waals surface area contributed by atoms with Crippen molar-refractivity contribution in [1.82, 2.24) is 9.59 Å². The third kappa shape index (κ3) is 2.42. The number of rotatable bonds is 3. The Balaban J connectivity index is 2.22. The maximum atomic E-state index is 11.9. The first-order chi connectivity index (χ1) is 8.22. The minimum Gasteiger partial charge on any atom is -0.495 e. The molecule has 0 aliphatic rings. The normalized spacial score (nSPS) is 10.0. The first kappa shape index (κ1) is 11.5. The number of aryl methyl sites for hydroxylation is 1. The first-order valence-electron chi connectivity index (χ1n) is 4.95. The lowest BCUT2D eigenvalue weighted by molar-refractivity contribution is 0.102. The standard InChI is InChI=1S/C11H11N3O2S/c1-7-10(17-14-13-7)11(15)12-8-5-3-4-6-9(8)16-2/h3-6H,1-2H3,(H,12,15). The summed E-state index contributed by atoms with van der Waals surface area (Å²) in [6, 6.07) is 7.23. The predicted octanol–water partition coefficient (Wildman–Crippen LogP) is 2.11. The number of nitrogens with zero attached hydrogens (tertiary/aromatic N) is 2. The zero-order valence-electron chi connectivity index (χ0n) is 9.43. The van der Waals surface area contributed by atoms with Crippen molar-refractivity contribution in [2.45, 2.75) is 6.92 Å². The number of carbonyl (C=O) groups is 1. The fourth-order valence-corrected chi connectivity index (χ4v) is 1.92.